The van der Waals surface area contributed by atoms with E-state index in [9.17, 15) is 4.79 Å². The number of halogens is 1. The summed E-state index contributed by atoms with van der Waals surface area (Å²) in [4.78, 5) is 14.3. The predicted molar refractivity (Wildman–Crippen MR) is 75.6 cm³/mol. The third-order valence-corrected chi connectivity index (χ3v) is 3.77. The number of nitrogens with one attached hydrogen (secondary N) is 1. The summed E-state index contributed by atoms with van der Waals surface area (Å²) in [5.74, 6) is -0.00333. The van der Waals surface area contributed by atoms with Crippen molar-refractivity contribution in [1.82, 2.24) is 10.2 Å². The van der Waals surface area contributed by atoms with Gasteiger partial charge in [-0.25, -0.2) is 0 Å². The number of nitrogens with zero attached hydrogens (tertiary/aromatic N) is 1. The summed E-state index contributed by atoms with van der Waals surface area (Å²) in [6.45, 7) is 3.98. The lowest BCUT2D eigenvalue weighted by molar-refractivity contribution is 0.0788. The highest BCUT2D eigenvalue weighted by Crippen LogP contribution is 2.23. The summed E-state index contributed by atoms with van der Waals surface area (Å²) in [6, 6.07) is 5.76. The van der Waals surface area contributed by atoms with E-state index in [1.165, 1.54) is 0 Å². The lowest BCUT2D eigenvalue weighted by Gasteiger charge is -2.19. The van der Waals surface area contributed by atoms with Crippen LogP contribution in [-0.4, -0.2) is 48.2 Å². The molecule has 1 aliphatic heterocycles. The van der Waals surface area contributed by atoms with Crippen molar-refractivity contribution < 1.29 is 9.90 Å². The SMILES string of the molecule is Cc1cccc(Cl)c1C(=O)N1CCC(NCCO)C1. The highest BCUT2D eigenvalue weighted by atomic mass is 35.5. The molecular weight excluding hydrogens is 264 g/mol. The van der Waals surface area contributed by atoms with Crippen molar-refractivity contribution in [2.45, 2.75) is 19.4 Å². The molecule has 1 aromatic rings. The van der Waals surface area contributed by atoms with Gasteiger partial charge in [0.05, 0.1) is 17.2 Å². The molecule has 19 heavy (non-hydrogen) atoms. The van der Waals surface area contributed by atoms with Crippen LogP contribution in [0, 0.1) is 6.92 Å². The maximum absolute atomic E-state index is 12.5. The van der Waals surface area contributed by atoms with Gasteiger partial charge in [0.1, 0.15) is 0 Å². The second-order valence-electron chi connectivity index (χ2n) is 4.85. The van der Waals surface area contributed by atoms with Crippen LogP contribution in [0.4, 0.5) is 0 Å². The highest BCUT2D eigenvalue weighted by molar-refractivity contribution is 6.34. The fraction of sp³-hybridized carbons (Fsp3) is 0.500. The molecule has 104 valence electrons. The lowest BCUT2D eigenvalue weighted by Crippen LogP contribution is -2.36. The zero-order valence-electron chi connectivity index (χ0n) is 11.0. The maximum atomic E-state index is 12.5. The first kappa shape index (κ1) is 14.3. The van der Waals surface area contributed by atoms with Crippen LogP contribution >= 0.6 is 11.6 Å². The van der Waals surface area contributed by atoms with Crippen molar-refractivity contribution in [1.29, 1.82) is 0 Å². The molecule has 2 N–H and O–H groups in total. The summed E-state index contributed by atoms with van der Waals surface area (Å²) in [5.41, 5.74) is 1.51. The summed E-state index contributed by atoms with van der Waals surface area (Å²) in [6.07, 6.45) is 0.912. The van der Waals surface area contributed by atoms with Gasteiger partial charge < -0.3 is 15.3 Å². The molecule has 0 saturated carbocycles. The van der Waals surface area contributed by atoms with Gasteiger partial charge in [0.25, 0.3) is 5.91 Å². The molecule has 1 saturated heterocycles. The number of benzene rings is 1. The number of carbonyl (C=O) groups is 1. The molecule has 0 bridgehead atoms. The van der Waals surface area contributed by atoms with Crippen molar-refractivity contribution in [3.8, 4) is 0 Å². The molecule has 0 aliphatic carbocycles. The standard InChI is InChI=1S/C14H19ClN2O2/c1-10-3-2-4-12(15)13(10)14(19)17-7-5-11(9-17)16-6-8-18/h2-4,11,16,18H,5-9H2,1H3. The number of hydrogen-bond acceptors (Lipinski definition) is 3. The van der Waals surface area contributed by atoms with E-state index in [-0.39, 0.29) is 18.6 Å². The Labute approximate surface area is 118 Å². The van der Waals surface area contributed by atoms with Crippen LogP contribution in [0.3, 0.4) is 0 Å². The Bertz CT molecular complexity index is 445. The van der Waals surface area contributed by atoms with Crippen LogP contribution in [0.15, 0.2) is 18.2 Å². The van der Waals surface area contributed by atoms with Gasteiger partial charge in [0.15, 0.2) is 0 Å². The fourth-order valence-corrected chi connectivity index (χ4v) is 2.74. The number of aliphatic hydroxyl groups is 1. The highest BCUT2D eigenvalue weighted by Gasteiger charge is 2.28. The molecule has 1 aliphatic rings. The van der Waals surface area contributed by atoms with Gasteiger partial charge in [-0.3, -0.25) is 4.79 Å². The maximum Gasteiger partial charge on any atom is 0.255 e. The van der Waals surface area contributed by atoms with Crippen molar-refractivity contribution in [3.63, 3.8) is 0 Å². The first-order valence-electron chi connectivity index (χ1n) is 6.52. The van der Waals surface area contributed by atoms with Crippen LogP contribution in [0.1, 0.15) is 22.3 Å². The number of hydrogen-bond donors (Lipinski definition) is 2. The third kappa shape index (κ3) is 3.26. The van der Waals surface area contributed by atoms with E-state index < -0.39 is 0 Å². The molecule has 0 spiro atoms. The van der Waals surface area contributed by atoms with Gasteiger partial charge in [0.2, 0.25) is 0 Å². The van der Waals surface area contributed by atoms with E-state index in [4.69, 9.17) is 16.7 Å². The molecule has 1 heterocycles. The first-order valence-corrected chi connectivity index (χ1v) is 6.90. The van der Waals surface area contributed by atoms with Crippen molar-refractivity contribution >= 4 is 17.5 Å². The van der Waals surface area contributed by atoms with Gasteiger partial charge in [0, 0.05) is 25.7 Å². The Morgan fingerprint density at radius 2 is 2.37 bits per heavy atom. The summed E-state index contributed by atoms with van der Waals surface area (Å²) >= 11 is 6.13. The van der Waals surface area contributed by atoms with Crippen LogP contribution in [0.2, 0.25) is 5.02 Å². The Morgan fingerprint density at radius 1 is 1.58 bits per heavy atom. The van der Waals surface area contributed by atoms with E-state index >= 15 is 0 Å². The van der Waals surface area contributed by atoms with E-state index in [1.54, 1.807) is 6.07 Å². The van der Waals surface area contributed by atoms with Crippen molar-refractivity contribution in [2.24, 2.45) is 0 Å². The van der Waals surface area contributed by atoms with Crippen LogP contribution in [-0.2, 0) is 0 Å². The minimum absolute atomic E-state index is 0.00333. The minimum Gasteiger partial charge on any atom is -0.395 e. The molecule has 5 heteroatoms. The number of amides is 1. The molecule has 0 radical (unpaired) electrons. The number of carbonyl (C=O) groups excluding carboxylic acids is 1. The molecule has 1 amide bonds. The van der Waals surface area contributed by atoms with Crippen LogP contribution in [0.5, 0.6) is 0 Å². The second kappa shape index (κ2) is 6.37. The molecule has 2 rings (SSSR count). The predicted octanol–water partition coefficient (Wildman–Crippen LogP) is 1.44. The van der Waals surface area contributed by atoms with Gasteiger partial charge in [-0.2, -0.15) is 0 Å². The van der Waals surface area contributed by atoms with Crippen LogP contribution < -0.4 is 5.32 Å². The van der Waals surface area contributed by atoms with Crippen molar-refractivity contribution in [3.05, 3.63) is 34.3 Å². The van der Waals surface area contributed by atoms with Gasteiger partial charge in [-0.05, 0) is 25.0 Å². The largest absolute Gasteiger partial charge is 0.395 e. The summed E-state index contributed by atoms with van der Waals surface area (Å²) in [5, 5.41) is 12.5. The molecule has 1 atom stereocenters. The van der Waals surface area contributed by atoms with Gasteiger partial charge in [-0.15, -0.1) is 0 Å². The van der Waals surface area contributed by atoms with Crippen molar-refractivity contribution in [2.75, 3.05) is 26.2 Å². The summed E-state index contributed by atoms with van der Waals surface area (Å²) < 4.78 is 0. The first-order chi connectivity index (χ1) is 9.13. The van der Waals surface area contributed by atoms with E-state index in [2.05, 4.69) is 5.32 Å². The van der Waals surface area contributed by atoms with Gasteiger partial charge in [-0.1, -0.05) is 23.7 Å². The smallest absolute Gasteiger partial charge is 0.255 e. The Morgan fingerprint density at radius 3 is 3.05 bits per heavy atom. The molecular formula is C14H19ClN2O2. The topological polar surface area (TPSA) is 52.6 Å². The second-order valence-corrected chi connectivity index (χ2v) is 5.25. The Balaban J connectivity index is 2.05. The third-order valence-electron chi connectivity index (χ3n) is 3.46. The number of aliphatic hydroxyl groups excluding tert-OH is 1. The fourth-order valence-electron chi connectivity index (χ4n) is 2.44. The van der Waals surface area contributed by atoms with E-state index in [0.29, 0.717) is 23.7 Å². The van der Waals surface area contributed by atoms with E-state index in [1.807, 2.05) is 24.0 Å². The molecule has 1 unspecified atom stereocenters. The zero-order valence-corrected chi connectivity index (χ0v) is 11.8. The Kier molecular flexibility index (Phi) is 4.80. The number of aryl methyl sites for hydroxylation is 1. The van der Waals surface area contributed by atoms with E-state index in [0.717, 1.165) is 18.5 Å². The minimum atomic E-state index is -0.00333. The summed E-state index contributed by atoms with van der Waals surface area (Å²) in [7, 11) is 0. The molecule has 1 aromatic carbocycles. The monoisotopic (exact) mass is 282 g/mol. The zero-order chi connectivity index (χ0) is 13.8. The Hall–Kier alpha value is -1.10. The normalized spacial score (nSPS) is 18.9. The molecule has 0 aromatic heterocycles. The molecule has 1 fully saturated rings. The van der Waals surface area contributed by atoms with Crippen LogP contribution in [0.25, 0.3) is 0 Å². The van der Waals surface area contributed by atoms with Gasteiger partial charge >= 0.3 is 0 Å². The average molecular weight is 283 g/mol. The average Bonchev–Trinajstić information content (AvgIpc) is 2.84. The lowest BCUT2D eigenvalue weighted by atomic mass is 10.1. The number of rotatable bonds is 4. The quantitative estimate of drug-likeness (QED) is 0.879. The number of likely N-dealkylation sites (tertiary alicyclic amines) is 1. The molecule has 4 nitrogen and oxygen atoms in total.